The highest BCUT2D eigenvalue weighted by atomic mass is 16.5. The molecule has 186 valence electrons. The molecule has 0 bridgehead atoms. The second-order valence-corrected chi connectivity index (χ2v) is 9.83. The summed E-state index contributed by atoms with van der Waals surface area (Å²) in [6.07, 6.45) is 2.91. The maximum absolute atomic E-state index is 13.6. The van der Waals surface area contributed by atoms with Crippen LogP contribution in [0.1, 0.15) is 40.7 Å². The first kappa shape index (κ1) is 24.2. The van der Waals surface area contributed by atoms with Gasteiger partial charge in [-0.1, -0.05) is 48.5 Å². The molecule has 1 unspecified atom stereocenters. The summed E-state index contributed by atoms with van der Waals surface area (Å²) in [4.78, 5) is 30.6. The van der Waals surface area contributed by atoms with Crippen LogP contribution in [-0.2, 0) is 16.8 Å². The Bertz CT molecular complexity index is 1220. The first-order valence-corrected chi connectivity index (χ1v) is 12.6. The first-order valence-electron chi connectivity index (χ1n) is 12.6. The summed E-state index contributed by atoms with van der Waals surface area (Å²) in [7, 11) is 1.56. The number of para-hydroxylation sites is 1. The van der Waals surface area contributed by atoms with Crippen molar-refractivity contribution in [2.24, 2.45) is 5.92 Å². The number of aliphatic hydroxyl groups is 1. The van der Waals surface area contributed by atoms with Gasteiger partial charge >= 0.3 is 0 Å². The Hall–Kier alpha value is -3.48. The van der Waals surface area contributed by atoms with Gasteiger partial charge in [-0.3, -0.25) is 19.4 Å². The summed E-state index contributed by atoms with van der Waals surface area (Å²) in [6.45, 7) is 2.20. The number of anilines is 1. The van der Waals surface area contributed by atoms with Gasteiger partial charge in [-0.15, -0.1) is 0 Å². The molecule has 1 N–H and O–H groups in total. The van der Waals surface area contributed by atoms with Crippen LogP contribution < -0.4 is 9.64 Å². The van der Waals surface area contributed by atoms with Gasteiger partial charge in [0.15, 0.2) is 11.4 Å². The number of hydrogen-bond donors (Lipinski definition) is 1. The quantitative estimate of drug-likeness (QED) is 0.480. The fourth-order valence-corrected chi connectivity index (χ4v) is 5.41. The van der Waals surface area contributed by atoms with E-state index in [4.69, 9.17) is 4.74 Å². The van der Waals surface area contributed by atoms with Crippen LogP contribution in [0.25, 0.3) is 0 Å². The van der Waals surface area contributed by atoms with Gasteiger partial charge in [0, 0.05) is 24.2 Å². The summed E-state index contributed by atoms with van der Waals surface area (Å²) < 4.78 is 5.16. The number of ether oxygens (including phenoxy) is 1. The van der Waals surface area contributed by atoms with Crippen molar-refractivity contribution in [2.45, 2.75) is 31.3 Å². The number of nitrogens with zero attached hydrogens (tertiary/aromatic N) is 2. The number of carbonyl (C=O) groups excluding carboxylic acids is 2. The second-order valence-electron chi connectivity index (χ2n) is 9.83. The number of fused-ring (bicyclic) bond motifs is 1. The molecule has 2 aliphatic rings. The SMILES string of the molecule is COc1ccc(C(=O)CC2(O)C(=O)N(CN3CCC(Cc4ccccc4)CC3)c3ccccc32)cc1. The number of ketones is 1. The molecule has 5 rings (SSSR count). The highest BCUT2D eigenvalue weighted by Gasteiger charge is 2.51. The molecule has 3 aromatic rings. The van der Waals surface area contributed by atoms with Gasteiger partial charge in [-0.2, -0.15) is 0 Å². The number of benzene rings is 3. The van der Waals surface area contributed by atoms with E-state index in [2.05, 4.69) is 29.2 Å². The number of likely N-dealkylation sites (tertiary alicyclic amines) is 1. The first-order chi connectivity index (χ1) is 17.5. The van der Waals surface area contributed by atoms with Crippen molar-refractivity contribution in [1.29, 1.82) is 0 Å². The zero-order chi connectivity index (χ0) is 25.1. The Morgan fingerprint density at radius 3 is 2.33 bits per heavy atom. The van der Waals surface area contributed by atoms with Gasteiger partial charge in [-0.05, 0) is 61.1 Å². The van der Waals surface area contributed by atoms with E-state index in [9.17, 15) is 14.7 Å². The molecule has 6 heteroatoms. The van der Waals surface area contributed by atoms with E-state index in [0.717, 1.165) is 32.4 Å². The standard InChI is InChI=1S/C30H32N2O4/c1-36-25-13-11-24(12-14-25)28(33)20-30(35)26-9-5-6-10-27(26)32(29(30)34)21-31-17-15-23(16-18-31)19-22-7-3-2-4-8-22/h2-14,23,35H,15-21H2,1H3. The van der Waals surface area contributed by atoms with Crippen LogP contribution in [0.5, 0.6) is 5.75 Å². The molecule has 0 aromatic heterocycles. The predicted molar refractivity (Wildman–Crippen MR) is 139 cm³/mol. The van der Waals surface area contributed by atoms with E-state index in [1.807, 2.05) is 18.2 Å². The van der Waals surface area contributed by atoms with Crippen molar-refractivity contribution in [3.8, 4) is 5.75 Å². The van der Waals surface area contributed by atoms with E-state index in [1.165, 1.54) is 5.56 Å². The maximum Gasteiger partial charge on any atom is 0.265 e. The lowest BCUT2D eigenvalue weighted by atomic mass is 9.88. The monoisotopic (exact) mass is 484 g/mol. The van der Waals surface area contributed by atoms with Crippen molar-refractivity contribution in [3.63, 3.8) is 0 Å². The van der Waals surface area contributed by atoms with E-state index < -0.39 is 11.5 Å². The Morgan fingerprint density at radius 2 is 1.64 bits per heavy atom. The Morgan fingerprint density at radius 1 is 0.972 bits per heavy atom. The summed E-state index contributed by atoms with van der Waals surface area (Å²) in [5.41, 5.74) is 1.11. The second kappa shape index (κ2) is 10.2. The normalized spacial score (nSPS) is 20.4. The topological polar surface area (TPSA) is 70.1 Å². The third-order valence-electron chi connectivity index (χ3n) is 7.48. The van der Waals surface area contributed by atoms with Crippen LogP contribution in [0.4, 0.5) is 5.69 Å². The predicted octanol–water partition coefficient (Wildman–Crippen LogP) is 4.41. The molecule has 1 fully saturated rings. The Kier molecular flexibility index (Phi) is 6.90. The van der Waals surface area contributed by atoms with Gasteiger partial charge in [0.2, 0.25) is 0 Å². The largest absolute Gasteiger partial charge is 0.497 e. The number of Topliss-reactive ketones (excluding diaryl/α,β-unsaturated/α-hetero) is 1. The fourth-order valence-electron chi connectivity index (χ4n) is 5.41. The average molecular weight is 485 g/mol. The van der Waals surface area contributed by atoms with Crippen molar-refractivity contribution < 1.29 is 19.4 Å². The molecule has 0 aliphatic carbocycles. The average Bonchev–Trinajstić information content (AvgIpc) is 3.12. The number of piperidine rings is 1. The molecule has 1 saturated heterocycles. The van der Waals surface area contributed by atoms with Gasteiger partial charge < -0.3 is 9.84 Å². The number of amides is 1. The van der Waals surface area contributed by atoms with Crippen LogP contribution in [-0.4, -0.2) is 48.6 Å². The smallest absolute Gasteiger partial charge is 0.265 e. The lowest BCUT2D eigenvalue weighted by Crippen LogP contribution is -2.48. The van der Waals surface area contributed by atoms with Crippen LogP contribution in [0.2, 0.25) is 0 Å². The molecule has 1 amide bonds. The Balaban J connectivity index is 1.27. The Labute approximate surface area is 212 Å². The zero-order valence-corrected chi connectivity index (χ0v) is 20.6. The molecule has 1 atom stereocenters. The highest BCUT2D eigenvalue weighted by Crippen LogP contribution is 2.43. The van der Waals surface area contributed by atoms with Crippen molar-refractivity contribution in [2.75, 3.05) is 31.8 Å². The number of hydrogen-bond acceptors (Lipinski definition) is 5. The molecule has 3 aromatic carbocycles. The van der Waals surface area contributed by atoms with E-state index in [0.29, 0.717) is 35.2 Å². The fraction of sp³-hybridized carbons (Fsp3) is 0.333. The van der Waals surface area contributed by atoms with E-state index >= 15 is 0 Å². The van der Waals surface area contributed by atoms with E-state index in [-0.39, 0.29) is 12.2 Å². The van der Waals surface area contributed by atoms with Gasteiger partial charge in [0.1, 0.15) is 5.75 Å². The lowest BCUT2D eigenvalue weighted by molar-refractivity contribution is -0.136. The van der Waals surface area contributed by atoms with Crippen LogP contribution >= 0.6 is 0 Å². The molecule has 0 radical (unpaired) electrons. The van der Waals surface area contributed by atoms with Crippen LogP contribution in [0, 0.1) is 5.92 Å². The minimum absolute atomic E-state index is 0.285. The number of rotatable bonds is 8. The molecular formula is C30H32N2O4. The third kappa shape index (κ3) is 4.79. The maximum atomic E-state index is 13.6. The minimum atomic E-state index is -1.88. The highest BCUT2D eigenvalue weighted by molar-refractivity contribution is 6.10. The molecular weight excluding hydrogens is 452 g/mol. The summed E-state index contributed by atoms with van der Waals surface area (Å²) in [5.74, 6) is 0.555. The van der Waals surface area contributed by atoms with Crippen molar-refractivity contribution in [3.05, 3.63) is 95.6 Å². The summed E-state index contributed by atoms with van der Waals surface area (Å²) in [5, 5.41) is 11.6. The molecule has 2 aliphatic heterocycles. The molecule has 36 heavy (non-hydrogen) atoms. The molecule has 6 nitrogen and oxygen atoms in total. The minimum Gasteiger partial charge on any atom is -0.497 e. The van der Waals surface area contributed by atoms with E-state index in [1.54, 1.807) is 48.4 Å². The van der Waals surface area contributed by atoms with Crippen molar-refractivity contribution in [1.82, 2.24) is 4.90 Å². The zero-order valence-electron chi connectivity index (χ0n) is 20.6. The molecule has 0 saturated carbocycles. The number of methoxy groups -OCH3 is 1. The van der Waals surface area contributed by atoms with Gasteiger partial charge in [-0.25, -0.2) is 0 Å². The van der Waals surface area contributed by atoms with Gasteiger partial charge in [0.25, 0.3) is 5.91 Å². The lowest BCUT2D eigenvalue weighted by Gasteiger charge is -2.35. The molecule has 0 spiro atoms. The van der Waals surface area contributed by atoms with Gasteiger partial charge in [0.05, 0.1) is 25.9 Å². The third-order valence-corrected chi connectivity index (χ3v) is 7.48. The van der Waals surface area contributed by atoms with Crippen LogP contribution in [0.15, 0.2) is 78.9 Å². The molecule has 2 heterocycles. The number of carbonyl (C=O) groups is 2. The van der Waals surface area contributed by atoms with Crippen LogP contribution in [0.3, 0.4) is 0 Å². The summed E-state index contributed by atoms with van der Waals surface area (Å²) in [6, 6.07) is 24.6. The summed E-state index contributed by atoms with van der Waals surface area (Å²) >= 11 is 0. The van der Waals surface area contributed by atoms with Crippen molar-refractivity contribution >= 4 is 17.4 Å².